The Morgan fingerprint density at radius 3 is 1.05 bits per heavy atom. The quantitative estimate of drug-likeness (QED) is 0.336. The zero-order chi connectivity index (χ0) is 15.0. The summed E-state index contributed by atoms with van der Waals surface area (Å²) in [4.78, 5) is 0. The Morgan fingerprint density at radius 1 is 0.619 bits per heavy atom. The molecule has 1 nitrogen and oxygen atoms in total. The fourth-order valence-corrected chi connectivity index (χ4v) is 8.05. The van der Waals surface area contributed by atoms with Crippen LogP contribution in [0.3, 0.4) is 0 Å². The molecule has 0 heterocycles. The SMILES string of the molecule is CC(C)P(CCNCCP(C(C)C)C(C)C)C(C)C.[Cl-].[Ir]. The minimum absolute atomic E-state index is 0. The number of hydrogen-bond acceptors (Lipinski definition) is 1. The van der Waals surface area contributed by atoms with Gasteiger partial charge in [-0.1, -0.05) is 55.4 Å². The van der Waals surface area contributed by atoms with E-state index in [9.17, 15) is 0 Å². The second-order valence-corrected chi connectivity index (χ2v) is 13.7. The third kappa shape index (κ3) is 12.8. The van der Waals surface area contributed by atoms with Crippen molar-refractivity contribution in [3.8, 4) is 0 Å². The molecule has 0 rings (SSSR count). The van der Waals surface area contributed by atoms with Crippen LogP contribution in [0.5, 0.6) is 0 Å². The summed E-state index contributed by atoms with van der Waals surface area (Å²) >= 11 is 0. The van der Waals surface area contributed by atoms with E-state index in [4.69, 9.17) is 0 Å². The summed E-state index contributed by atoms with van der Waals surface area (Å²) < 4.78 is 0. The monoisotopic (exact) mass is 533 g/mol. The van der Waals surface area contributed by atoms with Crippen molar-refractivity contribution in [3.63, 3.8) is 0 Å². The minimum atomic E-state index is 0. The van der Waals surface area contributed by atoms with E-state index in [0.717, 1.165) is 22.6 Å². The standard InChI is InChI=1S/C16H37NP2.ClH.Ir/c1-13(2)18(14(3)4)11-9-17-10-12-19(15(5)6)16(7)8;;/h13-17H,9-12H2,1-8H3;1H;/p-1. The van der Waals surface area contributed by atoms with Gasteiger partial charge >= 0.3 is 0 Å². The van der Waals surface area contributed by atoms with Gasteiger partial charge in [0.15, 0.2) is 0 Å². The van der Waals surface area contributed by atoms with Gasteiger partial charge in [0, 0.05) is 20.1 Å². The molecule has 0 unspecified atom stereocenters. The Hall–Kier alpha value is 1.76. The molecule has 0 fully saturated rings. The third-order valence-corrected chi connectivity index (χ3v) is 10.5. The average Bonchev–Trinajstić information content (AvgIpc) is 2.25. The van der Waals surface area contributed by atoms with E-state index >= 15 is 0 Å². The number of halogens is 1. The summed E-state index contributed by atoms with van der Waals surface area (Å²) in [5, 5.41) is 3.70. The maximum absolute atomic E-state index is 3.70. The number of rotatable bonds is 10. The minimum Gasteiger partial charge on any atom is -1.00 e. The molecule has 0 atom stereocenters. The summed E-state index contributed by atoms with van der Waals surface area (Å²) in [6, 6.07) is 0. The van der Waals surface area contributed by atoms with E-state index < -0.39 is 0 Å². The van der Waals surface area contributed by atoms with Gasteiger partial charge in [-0.15, -0.1) is 15.8 Å². The van der Waals surface area contributed by atoms with Crippen molar-refractivity contribution in [2.75, 3.05) is 25.4 Å². The molecule has 0 saturated carbocycles. The van der Waals surface area contributed by atoms with Crippen LogP contribution in [-0.2, 0) is 20.1 Å². The summed E-state index contributed by atoms with van der Waals surface area (Å²) in [5.41, 5.74) is 3.50. The first-order valence-corrected chi connectivity index (χ1v) is 11.3. The molecule has 21 heavy (non-hydrogen) atoms. The van der Waals surface area contributed by atoms with Gasteiger partial charge in [-0.25, -0.2) is 0 Å². The topological polar surface area (TPSA) is 12.0 Å². The van der Waals surface area contributed by atoms with Gasteiger partial charge in [-0.3, -0.25) is 0 Å². The second-order valence-electron chi connectivity index (χ2n) is 6.60. The van der Waals surface area contributed by atoms with Gasteiger partial charge in [0.2, 0.25) is 0 Å². The van der Waals surface area contributed by atoms with Crippen LogP contribution in [0.25, 0.3) is 0 Å². The van der Waals surface area contributed by atoms with Crippen LogP contribution in [-0.4, -0.2) is 48.0 Å². The van der Waals surface area contributed by atoms with E-state index in [1.54, 1.807) is 0 Å². The van der Waals surface area contributed by atoms with Crippen LogP contribution in [0.4, 0.5) is 0 Å². The molecule has 133 valence electrons. The molecule has 0 saturated heterocycles. The summed E-state index contributed by atoms with van der Waals surface area (Å²) in [5.74, 6) is 0. The van der Waals surface area contributed by atoms with Gasteiger partial charge in [-0.05, 0) is 48.0 Å². The van der Waals surface area contributed by atoms with Crippen molar-refractivity contribution < 1.29 is 32.5 Å². The molecule has 0 aliphatic carbocycles. The van der Waals surface area contributed by atoms with E-state index in [1.807, 2.05) is 0 Å². The molecule has 0 aromatic carbocycles. The first-order valence-electron chi connectivity index (χ1n) is 7.99. The smallest absolute Gasteiger partial charge is 0 e. The van der Waals surface area contributed by atoms with E-state index in [-0.39, 0.29) is 48.4 Å². The normalized spacial score (nSPS) is 11.7. The van der Waals surface area contributed by atoms with Crippen LogP contribution < -0.4 is 17.7 Å². The average molecular weight is 533 g/mol. The predicted octanol–water partition coefficient (Wildman–Crippen LogP) is 2.17. The predicted molar refractivity (Wildman–Crippen MR) is 97.0 cm³/mol. The maximum atomic E-state index is 3.70. The van der Waals surface area contributed by atoms with Crippen LogP contribution in [0.15, 0.2) is 0 Å². The Bertz CT molecular complexity index is 188. The molecule has 5 heteroatoms. The number of nitrogens with one attached hydrogen (secondary N) is 1. The summed E-state index contributed by atoms with van der Waals surface area (Å²) in [6.07, 6.45) is 2.79. The number of hydrogen-bond donors (Lipinski definition) is 1. The first kappa shape index (κ1) is 27.6. The molecule has 0 aliphatic heterocycles. The van der Waals surface area contributed by atoms with Gasteiger partial charge in [0.25, 0.3) is 0 Å². The van der Waals surface area contributed by atoms with Gasteiger partial charge in [0.05, 0.1) is 0 Å². The van der Waals surface area contributed by atoms with Crippen LogP contribution in [0, 0.1) is 0 Å². The molecule has 0 aromatic rings. The maximum Gasteiger partial charge on any atom is 0 e. The van der Waals surface area contributed by atoms with E-state index in [2.05, 4.69) is 60.7 Å². The van der Waals surface area contributed by atoms with Crippen molar-refractivity contribution in [3.05, 3.63) is 0 Å². The van der Waals surface area contributed by atoms with Gasteiger partial charge < -0.3 is 17.7 Å². The van der Waals surface area contributed by atoms with Crippen LogP contribution in [0.2, 0.25) is 0 Å². The Kier molecular flexibility index (Phi) is 20.1. The van der Waals surface area contributed by atoms with Crippen molar-refractivity contribution in [1.29, 1.82) is 0 Å². The third-order valence-electron chi connectivity index (χ3n) is 3.75. The molecule has 0 aliphatic rings. The molecular formula is C16H37ClIrNP2-. The molecule has 0 amide bonds. The Morgan fingerprint density at radius 2 is 0.857 bits per heavy atom. The van der Waals surface area contributed by atoms with Crippen molar-refractivity contribution >= 4 is 15.8 Å². The molecule has 0 bridgehead atoms. The molecular weight excluding hydrogens is 496 g/mol. The van der Waals surface area contributed by atoms with Crippen molar-refractivity contribution in [2.45, 2.75) is 78.0 Å². The van der Waals surface area contributed by atoms with Crippen LogP contribution in [0.1, 0.15) is 55.4 Å². The van der Waals surface area contributed by atoms with E-state index in [1.165, 1.54) is 25.4 Å². The largest absolute Gasteiger partial charge is 1.00 e. The molecule has 0 spiro atoms. The zero-order valence-corrected chi connectivity index (χ0v) is 20.2. The van der Waals surface area contributed by atoms with Crippen molar-refractivity contribution in [1.82, 2.24) is 5.32 Å². The fourth-order valence-electron chi connectivity index (χ4n) is 2.77. The fraction of sp³-hybridized carbons (Fsp3) is 1.00. The van der Waals surface area contributed by atoms with E-state index in [0.29, 0.717) is 0 Å². The molecule has 0 aromatic heterocycles. The zero-order valence-electron chi connectivity index (χ0n) is 15.2. The second kappa shape index (κ2) is 15.3. The summed E-state index contributed by atoms with van der Waals surface area (Å²) in [6.45, 7) is 21.6. The first-order chi connectivity index (χ1) is 8.77. The van der Waals surface area contributed by atoms with Gasteiger partial charge in [-0.2, -0.15) is 0 Å². The van der Waals surface area contributed by atoms with Crippen LogP contribution >= 0.6 is 15.8 Å². The van der Waals surface area contributed by atoms with Crippen molar-refractivity contribution in [2.24, 2.45) is 0 Å². The Balaban J connectivity index is -0.00000162. The van der Waals surface area contributed by atoms with Gasteiger partial charge in [0.1, 0.15) is 0 Å². The Labute approximate surface area is 156 Å². The molecule has 1 N–H and O–H groups in total. The molecule has 1 radical (unpaired) electrons. The summed E-state index contributed by atoms with van der Waals surface area (Å²) in [7, 11) is 0.415.